The van der Waals surface area contributed by atoms with Crippen LogP contribution >= 0.6 is 0 Å². The van der Waals surface area contributed by atoms with Crippen LogP contribution in [0.4, 0.5) is 5.69 Å². The summed E-state index contributed by atoms with van der Waals surface area (Å²) in [5.41, 5.74) is 1.48. The number of hydrogen-bond acceptors (Lipinski definition) is 4. The van der Waals surface area contributed by atoms with Crippen molar-refractivity contribution in [2.45, 2.75) is 13.0 Å². The van der Waals surface area contributed by atoms with Crippen LogP contribution in [0.25, 0.3) is 11.3 Å². The monoisotopic (exact) mass is 271 g/mol. The second-order valence-electron chi connectivity index (χ2n) is 4.66. The van der Waals surface area contributed by atoms with Crippen LogP contribution in [-0.2, 0) is 4.79 Å². The van der Waals surface area contributed by atoms with Crippen molar-refractivity contribution < 1.29 is 18.7 Å². The Bertz CT molecular complexity index is 689. The van der Waals surface area contributed by atoms with Crippen LogP contribution in [-0.4, -0.2) is 25.3 Å². The summed E-state index contributed by atoms with van der Waals surface area (Å²) in [6.07, 6.45) is 0.172. The number of nitrogens with zero attached hydrogens (tertiary/aromatic N) is 1. The quantitative estimate of drug-likeness (QED) is 0.787. The zero-order valence-electron chi connectivity index (χ0n) is 11.1. The Kier molecular flexibility index (Phi) is 2.82. The van der Waals surface area contributed by atoms with Gasteiger partial charge in [0.15, 0.2) is 18.2 Å². The summed E-state index contributed by atoms with van der Waals surface area (Å²) in [4.78, 5) is 24.1. The van der Waals surface area contributed by atoms with Gasteiger partial charge < -0.3 is 14.1 Å². The number of benzene rings is 1. The van der Waals surface area contributed by atoms with Gasteiger partial charge in [0.1, 0.15) is 11.5 Å². The number of hydrogen-bond donors (Lipinski definition) is 0. The number of aldehydes is 1. The summed E-state index contributed by atoms with van der Waals surface area (Å²) in [7, 11) is 1.71. The number of fused-ring (bicyclic) bond motifs is 1. The third-order valence-corrected chi connectivity index (χ3v) is 3.33. The van der Waals surface area contributed by atoms with Crippen LogP contribution in [0.2, 0.25) is 0 Å². The molecule has 0 N–H and O–H groups in total. The van der Waals surface area contributed by atoms with E-state index in [1.54, 1.807) is 37.1 Å². The van der Waals surface area contributed by atoms with E-state index in [0.29, 0.717) is 23.5 Å². The molecule has 3 rings (SSSR count). The van der Waals surface area contributed by atoms with Crippen LogP contribution < -0.4 is 9.64 Å². The second kappa shape index (κ2) is 4.52. The van der Waals surface area contributed by atoms with E-state index in [-0.39, 0.29) is 11.7 Å². The number of furan rings is 1. The van der Waals surface area contributed by atoms with Gasteiger partial charge in [-0.3, -0.25) is 9.59 Å². The largest absolute Gasteiger partial charge is 0.479 e. The lowest BCUT2D eigenvalue weighted by Crippen LogP contribution is -2.41. The number of anilines is 1. The predicted octanol–water partition coefficient (Wildman–Crippen LogP) is 2.50. The molecule has 1 aliphatic heterocycles. The highest BCUT2D eigenvalue weighted by Gasteiger charge is 2.29. The lowest BCUT2D eigenvalue weighted by Gasteiger charge is -2.30. The normalized spacial score (nSPS) is 17.6. The van der Waals surface area contributed by atoms with Crippen molar-refractivity contribution in [2.24, 2.45) is 0 Å². The molecule has 1 aromatic heterocycles. The highest BCUT2D eigenvalue weighted by Crippen LogP contribution is 2.37. The molecule has 0 bridgehead atoms. The van der Waals surface area contributed by atoms with Crippen LogP contribution in [0.5, 0.6) is 5.75 Å². The van der Waals surface area contributed by atoms with Gasteiger partial charge in [-0.05, 0) is 37.3 Å². The molecular formula is C15H13NO4. The van der Waals surface area contributed by atoms with E-state index < -0.39 is 6.10 Å². The topological polar surface area (TPSA) is 59.8 Å². The Hall–Kier alpha value is -2.56. The van der Waals surface area contributed by atoms with Crippen molar-refractivity contribution in [3.05, 3.63) is 36.1 Å². The van der Waals surface area contributed by atoms with Gasteiger partial charge in [0, 0.05) is 12.6 Å². The zero-order chi connectivity index (χ0) is 14.3. The van der Waals surface area contributed by atoms with Crippen LogP contribution in [0.3, 0.4) is 0 Å². The van der Waals surface area contributed by atoms with Crippen molar-refractivity contribution in [1.82, 2.24) is 0 Å². The van der Waals surface area contributed by atoms with Crippen LogP contribution in [0, 0.1) is 0 Å². The van der Waals surface area contributed by atoms with E-state index in [1.165, 1.54) is 0 Å². The molecule has 1 amide bonds. The van der Waals surface area contributed by atoms with Gasteiger partial charge in [0.2, 0.25) is 0 Å². The molecule has 0 spiro atoms. The van der Waals surface area contributed by atoms with Gasteiger partial charge in [-0.1, -0.05) is 0 Å². The number of ether oxygens (including phenoxy) is 1. The fourth-order valence-electron chi connectivity index (χ4n) is 2.24. The molecule has 5 heteroatoms. The molecule has 0 fully saturated rings. The SMILES string of the molecule is CC1Oc2ccc(-c3ccc(C=O)o3)cc2N(C)C1=O. The van der Waals surface area contributed by atoms with Gasteiger partial charge in [-0.2, -0.15) is 0 Å². The molecule has 2 heterocycles. The molecule has 20 heavy (non-hydrogen) atoms. The standard InChI is InChI=1S/C15H13NO4/c1-9-15(18)16(2)12-7-10(3-5-14(12)19-9)13-6-4-11(8-17)20-13/h3-9H,1-2H3. The van der Waals surface area contributed by atoms with Gasteiger partial charge in [-0.25, -0.2) is 0 Å². The molecule has 2 aromatic rings. The van der Waals surface area contributed by atoms with Crippen molar-refractivity contribution in [1.29, 1.82) is 0 Å². The van der Waals surface area contributed by atoms with Gasteiger partial charge in [0.05, 0.1) is 5.69 Å². The van der Waals surface area contributed by atoms with Crippen LogP contribution in [0.15, 0.2) is 34.7 Å². The van der Waals surface area contributed by atoms with E-state index in [2.05, 4.69) is 0 Å². The van der Waals surface area contributed by atoms with E-state index in [9.17, 15) is 9.59 Å². The van der Waals surface area contributed by atoms with E-state index in [0.717, 1.165) is 5.56 Å². The fraction of sp³-hybridized carbons (Fsp3) is 0.200. The first-order chi connectivity index (χ1) is 9.60. The first kappa shape index (κ1) is 12.5. The van der Waals surface area contributed by atoms with Gasteiger partial charge >= 0.3 is 0 Å². The molecule has 102 valence electrons. The lowest BCUT2D eigenvalue weighted by atomic mass is 10.1. The molecule has 1 unspecified atom stereocenters. The number of likely N-dealkylation sites (N-methyl/N-ethyl adjacent to an activating group) is 1. The highest BCUT2D eigenvalue weighted by molar-refractivity contribution is 6.00. The zero-order valence-corrected chi connectivity index (χ0v) is 11.1. The number of carbonyl (C=O) groups is 2. The van der Waals surface area contributed by atoms with E-state index in [4.69, 9.17) is 9.15 Å². The number of amides is 1. The Morgan fingerprint density at radius 2 is 2.05 bits per heavy atom. The van der Waals surface area contributed by atoms with E-state index >= 15 is 0 Å². The Balaban J connectivity index is 2.04. The predicted molar refractivity (Wildman–Crippen MR) is 73.0 cm³/mol. The molecule has 0 saturated carbocycles. The first-order valence-corrected chi connectivity index (χ1v) is 6.24. The third-order valence-electron chi connectivity index (χ3n) is 3.33. The molecule has 0 radical (unpaired) electrons. The summed E-state index contributed by atoms with van der Waals surface area (Å²) in [5.74, 6) is 1.41. The molecule has 0 saturated heterocycles. The molecule has 5 nitrogen and oxygen atoms in total. The summed E-state index contributed by atoms with van der Waals surface area (Å²) >= 11 is 0. The maximum Gasteiger partial charge on any atom is 0.267 e. The molecule has 0 aliphatic carbocycles. The first-order valence-electron chi connectivity index (χ1n) is 6.24. The van der Waals surface area contributed by atoms with Crippen molar-refractivity contribution >= 4 is 17.9 Å². The average Bonchev–Trinajstić information content (AvgIpc) is 2.93. The minimum Gasteiger partial charge on any atom is -0.479 e. The van der Waals surface area contributed by atoms with Crippen molar-refractivity contribution in [3.63, 3.8) is 0 Å². The maximum atomic E-state index is 11.9. The Labute approximate surface area is 115 Å². The summed E-state index contributed by atoms with van der Waals surface area (Å²) in [6, 6.07) is 8.77. The van der Waals surface area contributed by atoms with Crippen molar-refractivity contribution in [3.8, 4) is 17.1 Å². The van der Waals surface area contributed by atoms with Crippen molar-refractivity contribution in [2.75, 3.05) is 11.9 Å². The summed E-state index contributed by atoms with van der Waals surface area (Å²) in [5, 5.41) is 0. The third kappa shape index (κ3) is 1.87. The molecule has 1 atom stereocenters. The highest BCUT2D eigenvalue weighted by atomic mass is 16.5. The molecular weight excluding hydrogens is 258 g/mol. The van der Waals surface area contributed by atoms with E-state index in [1.807, 2.05) is 12.1 Å². The molecule has 1 aromatic carbocycles. The minimum absolute atomic E-state index is 0.0947. The smallest absolute Gasteiger partial charge is 0.267 e. The second-order valence-corrected chi connectivity index (χ2v) is 4.66. The lowest BCUT2D eigenvalue weighted by molar-refractivity contribution is -0.125. The summed E-state index contributed by atoms with van der Waals surface area (Å²) in [6.45, 7) is 1.72. The summed E-state index contributed by atoms with van der Waals surface area (Å²) < 4.78 is 10.9. The molecule has 1 aliphatic rings. The van der Waals surface area contributed by atoms with Gasteiger partial charge in [0.25, 0.3) is 5.91 Å². The Morgan fingerprint density at radius 3 is 2.75 bits per heavy atom. The average molecular weight is 271 g/mol. The minimum atomic E-state index is -0.483. The Morgan fingerprint density at radius 1 is 1.25 bits per heavy atom. The fourth-order valence-corrected chi connectivity index (χ4v) is 2.24. The maximum absolute atomic E-state index is 11.9. The number of carbonyl (C=O) groups excluding carboxylic acids is 2. The number of rotatable bonds is 2. The van der Waals surface area contributed by atoms with Gasteiger partial charge in [-0.15, -0.1) is 0 Å². The van der Waals surface area contributed by atoms with Crippen LogP contribution in [0.1, 0.15) is 17.5 Å².